The summed E-state index contributed by atoms with van der Waals surface area (Å²) >= 11 is 0. The van der Waals surface area contributed by atoms with E-state index in [9.17, 15) is 8.42 Å². The van der Waals surface area contributed by atoms with Gasteiger partial charge in [-0.15, -0.1) is 0 Å². The number of methoxy groups -OCH3 is 1. The van der Waals surface area contributed by atoms with Crippen molar-refractivity contribution in [2.24, 2.45) is 10.4 Å². The summed E-state index contributed by atoms with van der Waals surface area (Å²) in [5.74, 6) is 0.693. The van der Waals surface area contributed by atoms with E-state index in [4.69, 9.17) is 4.74 Å². The van der Waals surface area contributed by atoms with E-state index in [1.54, 1.807) is 38.4 Å². The second-order valence-electron chi connectivity index (χ2n) is 7.51. The van der Waals surface area contributed by atoms with Gasteiger partial charge < -0.3 is 15.4 Å². The van der Waals surface area contributed by atoms with Crippen molar-refractivity contribution < 1.29 is 13.2 Å². The number of sulfonamides is 1. The first-order chi connectivity index (χ1) is 13.4. The maximum atomic E-state index is 12.3. The summed E-state index contributed by atoms with van der Waals surface area (Å²) in [6.07, 6.45) is 5.98. The zero-order valence-electron chi connectivity index (χ0n) is 17.3. The fraction of sp³-hybridized carbons (Fsp3) is 0.650. The van der Waals surface area contributed by atoms with Gasteiger partial charge in [0, 0.05) is 40.4 Å². The Morgan fingerprint density at radius 2 is 1.82 bits per heavy atom. The lowest BCUT2D eigenvalue weighted by Gasteiger charge is -2.30. The molecule has 0 aromatic heterocycles. The Labute approximate surface area is 169 Å². The number of benzene rings is 1. The van der Waals surface area contributed by atoms with Crippen molar-refractivity contribution in [2.75, 3.05) is 40.4 Å². The van der Waals surface area contributed by atoms with E-state index in [-0.39, 0.29) is 16.9 Å². The van der Waals surface area contributed by atoms with Gasteiger partial charge in [-0.1, -0.05) is 30.5 Å². The van der Waals surface area contributed by atoms with Crippen LogP contribution in [0.2, 0.25) is 0 Å². The molecule has 1 fully saturated rings. The highest BCUT2D eigenvalue weighted by molar-refractivity contribution is 7.89. The van der Waals surface area contributed by atoms with Gasteiger partial charge in [0.2, 0.25) is 10.0 Å². The van der Waals surface area contributed by atoms with E-state index in [0.717, 1.165) is 25.1 Å². The van der Waals surface area contributed by atoms with Crippen LogP contribution >= 0.6 is 0 Å². The molecule has 158 valence electrons. The summed E-state index contributed by atoms with van der Waals surface area (Å²) < 4.78 is 32.5. The smallest absolute Gasteiger partial charge is 0.240 e. The average Bonchev–Trinajstić information content (AvgIpc) is 3.15. The van der Waals surface area contributed by atoms with Gasteiger partial charge >= 0.3 is 0 Å². The second-order valence-corrected chi connectivity index (χ2v) is 9.28. The first-order valence-corrected chi connectivity index (χ1v) is 11.4. The third-order valence-electron chi connectivity index (χ3n) is 5.40. The first kappa shape index (κ1) is 22.6. The topological polar surface area (TPSA) is 91.8 Å². The summed E-state index contributed by atoms with van der Waals surface area (Å²) in [6, 6.07) is 6.82. The van der Waals surface area contributed by atoms with Crippen LogP contribution in [0.15, 0.2) is 34.2 Å². The largest absolute Gasteiger partial charge is 0.385 e. The van der Waals surface area contributed by atoms with Crippen LogP contribution in [-0.4, -0.2) is 54.8 Å². The lowest BCUT2D eigenvalue weighted by molar-refractivity contribution is 0.138. The summed E-state index contributed by atoms with van der Waals surface area (Å²) in [5.41, 5.74) is 1.29. The van der Waals surface area contributed by atoms with E-state index in [0.29, 0.717) is 12.5 Å². The van der Waals surface area contributed by atoms with Crippen LogP contribution in [0, 0.1) is 12.3 Å². The molecule has 0 bridgehead atoms. The normalized spacial score (nSPS) is 16.9. The predicted octanol–water partition coefficient (Wildman–Crippen LogP) is 2.04. The van der Waals surface area contributed by atoms with Crippen LogP contribution in [0.3, 0.4) is 0 Å². The monoisotopic (exact) mass is 410 g/mol. The molecule has 28 heavy (non-hydrogen) atoms. The van der Waals surface area contributed by atoms with Crippen molar-refractivity contribution in [3.05, 3.63) is 29.8 Å². The Morgan fingerprint density at radius 1 is 1.14 bits per heavy atom. The van der Waals surface area contributed by atoms with Gasteiger partial charge in [-0.2, -0.15) is 0 Å². The van der Waals surface area contributed by atoms with Crippen LogP contribution < -0.4 is 15.4 Å². The molecule has 0 atom stereocenters. The molecule has 1 aliphatic rings. The van der Waals surface area contributed by atoms with Crippen LogP contribution in [0.1, 0.15) is 37.7 Å². The number of hydrogen-bond donors (Lipinski definition) is 3. The molecule has 0 heterocycles. The molecule has 1 saturated carbocycles. The number of ether oxygens (including phenoxy) is 1. The van der Waals surface area contributed by atoms with Crippen molar-refractivity contribution in [1.82, 2.24) is 15.4 Å². The van der Waals surface area contributed by atoms with Gasteiger partial charge in [-0.05, 0) is 43.7 Å². The minimum atomic E-state index is -3.49. The third-order valence-corrected chi connectivity index (χ3v) is 6.87. The molecule has 0 amide bonds. The molecule has 1 aromatic rings. The summed E-state index contributed by atoms with van der Waals surface area (Å²) in [6.45, 7) is 4.29. The van der Waals surface area contributed by atoms with Gasteiger partial charge in [0.15, 0.2) is 5.96 Å². The Kier molecular flexibility index (Phi) is 8.72. The quantitative estimate of drug-likeness (QED) is 0.312. The molecule has 8 heteroatoms. The number of nitrogens with zero attached hydrogens (tertiary/aromatic N) is 1. The second kappa shape index (κ2) is 10.8. The first-order valence-electron chi connectivity index (χ1n) is 9.91. The highest BCUT2D eigenvalue weighted by Gasteiger charge is 2.33. The predicted molar refractivity (Wildman–Crippen MR) is 113 cm³/mol. The number of aryl methyl sites for hydroxylation is 1. The highest BCUT2D eigenvalue weighted by atomic mass is 32.2. The van der Waals surface area contributed by atoms with Gasteiger partial charge in [0.25, 0.3) is 0 Å². The van der Waals surface area contributed by atoms with Crippen molar-refractivity contribution in [3.8, 4) is 0 Å². The number of nitrogens with one attached hydrogen (secondary N) is 3. The van der Waals surface area contributed by atoms with Crippen LogP contribution in [-0.2, 0) is 14.8 Å². The van der Waals surface area contributed by atoms with Crippen LogP contribution in [0.4, 0.5) is 0 Å². The van der Waals surface area contributed by atoms with Crippen molar-refractivity contribution in [3.63, 3.8) is 0 Å². The molecule has 0 unspecified atom stereocenters. The van der Waals surface area contributed by atoms with E-state index >= 15 is 0 Å². The Bertz CT molecular complexity index is 726. The summed E-state index contributed by atoms with van der Waals surface area (Å²) in [7, 11) is -0.0226. The zero-order valence-corrected chi connectivity index (χ0v) is 18.1. The van der Waals surface area contributed by atoms with E-state index in [1.165, 1.54) is 25.7 Å². The summed E-state index contributed by atoms with van der Waals surface area (Å²) in [4.78, 5) is 4.53. The third kappa shape index (κ3) is 6.76. The minimum Gasteiger partial charge on any atom is -0.385 e. The van der Waals surface area contributed by atoms with E-state index in [1.807, 2.05) is 6.92 Å². The number of aliphatic imine (C=N–C) groups is 1. The van der Waals surface area contributed by atoms with E-state index < -0.39 is 10.0 Å². The standard InChI is InChI=1S/C20H34N4O3S/c1-17-6-8-18(9-7-17)28(25,26)24-14-13-22-19(21-2)23-16-20(12-15-27-3)10-4-5-11-20/h6-9,24H,4-5,10-16H2,1-3H3,(H2,21,22,23). The fourth-order valence-electron chi connectivity index (χ4n) is 3.62. The molecule has 1 aliphatic carbocycles. The van der Waals surface area contributed by atoms with Gasteiger partial charge in [-0.3, -0.25) is 4.99 Å². The molecule has 0 aliphatic heterocycles. The SMILES string of the molecule is CN=C(NCCNS(=O)(=O)c1ccc(C)cc1)NCC1(CCOC)CCCC1. The maximum absolute atomic E-state index is 12.3. The average molecular weight is 411 g/mol. The fourth-order valence-corrected chi connectivity index (χ4v) is 4.65. The lowest BCUT2D eigenvalue weighted by Crippen LogP contribution is -2.45. The van der Waals surface area contributed by atoms with E-state index in [2.05, 4.69) is 20.3 Å². The van der Waals surface area contributed by atoms with Gasteiger partial charge in [-0.25, -0.2) is 13.1 Å². The number of guanidine groups is 1. The Morgan fingerprint density at radius 3 is 2.43 bits per heavy atom. The maximum Gasteiger partial charge on any atom is 0.240 e. The molecule has 2 rings (SSSR count). The minimum absolute atomic E-state index is 0.265. The van der Waals surface area contributed by atoms with Crippen molar-refractivity contribution in [1.29, 1.82) is 0 Å². The number of hydrogen-bond acceptors (Lipinski definition) is 4. The molecule has 0 saturated heterocycles. The number of rotatable bonds is 10. The lowest BCUT2D eigenvalue weighted by atomic mass is 9.83. The molecule has 3 N–H and O–H groups in total. The van der Waals surface area contributed by atoms with Gasteiger partial charge in [0.1, 0.15) is 0 Å². The molecular formula is C20H34N4O3S. The van der Waals surface area contributed by atoms with Crippen LogP contribution in [0.25, 0.3) is 0 Å². The zero-order chi connectivity index (χ0) is 20.5. The van der Waals surface area contributed by atoms with Crippen molar-refractivity contribution >= 4 is 16.0 Å². The molecule has 0 radical (unpaired) electrons. The highest BCUT2D eigenvalue weighted by Crippen LogP contribution is 2.40. The molecule has 1 aromatic carbocycles. The Balaban J connectivity index is 1.77. The van der Waals surface area contributed by atoms with Crippen LogP contribution in [0.5, 0.6) is 0 Å². The summed E-state index contributed by atoms with van der Waals surface area (Å²) in [5, 5.41) is 6.58. The molecule has 7 nitrogen and oxygen atoms in total. The Hall–Kier alpha value is -1.64. The van der Waals surface area contributed by atoms with Crippen molar-refractivity contribution in [2.45, 2.75) is 43.9 Å². The molecular weight excluding hydrogens is 376 g/mol. The molecule has 0 spiro atoms. The van der Waals surface area contributed by atoms with Gasteiger partial charge in [0.05, 0.1) is 4.90 Å².